The lowest BCUT2D eigenvalue weighted by molar-refractivity contribution is -0.394. The van der Waals surface area contributed by atoms with E-state index in [2.05, 4.69) is 25.2 Å². The number of carbonyl (C=O) groups is 1. The summed E-state index contributed by atoms with van der Waals surface area (Å²) in [5, 5.41) is 20.4. The van der Waals surface area contributed by atoms with Crippen LogP contribution in [0.4, 0.5) is 24.8 Å². The van der Waals surface area contributed by atoms with Gasteiger partial charge in [0.1, 0.15) is 5.82 Å². The number of halogens is 3. The van der Waals surface area contributed by atoms with Crippen molar-refractivity contribution in [1.29, 1.82) is 0 Å². The van der Waals surface area contributed by atoms with E-state index in [1.165, 1.54) is 16.9 Å². The number of hydrogen-bond donors (Lipinski definition) is 1. The number of benzene rings is 1. The summed E-state index contributed by atoms with van der Waals surface area (Å²) in [6, 6.07) is 4.05. The quantitative estimate of drug-likeness (QED) is 0.476. The molecule has 0 aliphatic heterocycles. The molecule has 0 saturated heterocycles. The van der Waals surface area contributed by atoms with Gasteiger partial charge in [-0.1, -0.05) is 4.98 Å². The van der Waals surface area contributed by atoms with Crippen LogP contribution in [0, 0.1) is 15.9 Å². The van der Waals surface area contributed by atoms with Gasteiger partial charge in [-0.3, -0.25) is 4.79 Å². The maximum Gasteiger partial charge on any atom is 0.491 e. The van der Waals surface area contributed by atoms with Gasteiger partial charge in [0.15, 0.2) is 18.1 Å². The average molecular weight is 397 g/mol. The molecule has 146 valence electrons. The molecule has 0 unspecified atom stereocenters. The Morgan fingerprint density at radius 1 is 1.29 bits per heavy atom. The van der Waals surface area contributed by atoms with Crippen LogP contribution in [0.2, 0.25) is 0 Å². The normalized spacial score (nSPS) is 10.9. The van der Waals surface area contributed by atoms with Crippen molar-refractivity contribution in [2.24, 2.45) is 0 Å². The van der Waals surface area contributed by atoms with Gasteiger partial charge in [-0.25, -0.2) is 9.07 Å². The summed E-state index contributed by atoms with van der Waals surface area (Å²) in [6.45, 7) is -3.27. The molecule has 14 heteroatoms. The largest absolute Gasteiger partial charge is 0.491 e. The number of hydrogen-bond acceptors (Lipinski definition) is 7. The zero-order valence-corrected chi connectivity index (χ0v) is 13.7. The third-order valence-electron chi connectivity index (χ3n) is 3.26. The molecule has 0 aliphatic rings. The molecule has 1 aromatic carbocycles. The number of ether oxygens (including phenoxy) is 1. The van der Waals surface area contributed by atoms with Gasteiger partial charge >= 0.3 is 12.6 Å². The fourth-order valence-electron chi connectivity index (χ4n) is 2.13. The average Bonchev–Trinajstić information content (AvgIpc) is 3.27. The summed E-state index contributed by atoms with van der Waals surface area (Å²) in [4.78, 5) is 25.5. The van der Waals surface area contributed by atoms with Crippen molar-refractivity contribution in [2.75, 3.05) is 5.32 Å². The van der Waals surface area contributed by atoms with Crippen LogP contribution in [-0.4, -0.2) is 42.0 Å². The van der Waals surface area contributed by atoms with Gasteiger partial charge in [0, 0.05) is 17.4 Å². The first-order valence-corrected chi connectivity index (χ1v) is 7.45. The number of nitrogens with zero attached hydrogens (tertiary/aromatic N) is 6. The Bertz CT molecular complexity index is 1020. The Kier molecular flexibility index (Phi) is 5.19. The van der Waals surface area contributed by atoms with E-state index in [1.807, 2.05) is 0 Å². The number of carbonyl (C=O) groups excluding carboxylic acids is 1. The van der Waals surface area contributed by atoms with E-state index >= 15 is 0 Å². The molecule has 3 aromatic rings. The van der Waals surface area contributed by atoms with Gasteiger partial charge in [-0.15, -0.1) is 0 Å². The van der Waals surface area contributed by atoms with Gasteiger partial charge in [0.25, 0.3) is 5.91 Å². The lowest BCUT2D eigenvalue weighted by Gasteiger charge is -2.11. The number of alkyl halides is 2. The highest BCUT2D eigenvalue weighted by Gasteiger charge is 2.17. The van der Waals surface area contributed by atoms with Crippen LogP contribution in [0.5, 0.6) is 5.75 Å². The summed E-state index contributed by atoms with van der Waals surface area (Å²) in [5.74, 6) is -2.72. The van der Waals surface area contributed by atoms with Crippen molar-refractivity contribution < 1.29 is 27.6 Å². The molecular formula is C14H10F3N7O4. The Hall–Kier alpha value is -3.97. The maximum absolute atomic E-state index is 13.2. The first-order chi connectivity index (χ1) is 13.3. The number of amides is 1. The van der Waals surface area contributed by atoms with Crippen LogP contribution < -0.4 is 10.1 Å². The third-order valence-corrected chi connectivity index (χ3v) is 3.26. The van der Waals surface area contributed by atoms with Crippen LogP contribution in [0.3, 0.4) is 0 Å². The highest BCUT2D eigenvalue weighted by atomic mass is 19.3. The molecule has 0 radical (unpaired) electrons. The SMILES string of the molecule is O=C(Nc1ccc(F)cc1OC(F)F)c1ccn(Cn2cnc([N+](=O)[O-])n2)n1. The van der Waals surface area contributed by atoms with Crippen LogP contribution in [0.25, 0.3) is 0 Å². The molecule has 0 aliphatic carbocycles. The van der Waals surface area contributed by atoms with Crippen molar-refractivity contribution in [3.8, 4) is 5.75 Å². The summed E-state index contributed by atoms with van der Waals surface area (Å²) in [6.07, 6.45) is 2.51. The van der Waals surface area contributed by atoms with Crippen LogP contribution in [-0.2, 0) is 6.67 Å². The number of aromatic nitrogens is 5. The Morgan fingerprint density at radius 2 is 2.07 bits per heavy atom. The van der Waals surface area contributed by atoms with Gasteiger partial charge in [0.05, 0.1) is 5.69 Å². The van der Waals surface area contributed by atoms with Crippen molar-refractivity contribution >= 4 is 17.5 Å². The summed E-state index contributed by atoms with van der Waals surface area (Å²) >= 11 is 0. The van der Waals surface area contributed by atoms with Crippen molar-refractivity contribution in [3.63, 3.8) is 0 Å². The zero-order chi connectivity index (χ0) is 20.3. The second kappa shape index (κ2) is 7.73. The standard InChI is InChI=1S/C14H10F3N7O4/c15-8-1-2-9(11(5-8)28-13(16)17)19-12(25)10-3-4-22(20-10)7-23-6-18-14(21-23)24(26)27/h1-6,13H,7H2,(H,19,25). The predicted octanol–water partition coefficient (Wildman–Crippen LogP) is 1.88. The maximum atomic E-state index is 13.2. The summed E-state index contributed by atoms with van der Waals surface area (Å²) in [5.41, 5.74) is -0.268. The van der Waals surface area contributed by atoms with E-state index < -0.39 is 35.0 Å². The van der Waals surface area contributed by atoms with E-state index in [1.54, 1.807) is 0 Å². The lowest BCUT2D eigenvalue weighted by Crippen LogP contribution is -2.16. The van der Waals surface area contributed by atoms with E-state index in [9.17, 15) is 28.1 Å². The fraction of sp³-hybridized carbons (Fsp3) is 0.143. The second-order valence-corrected chi connectivity index (χ2v) is 5.20. The molecule has 1 amide bonds. The molecule has 2 heterocycles. The highest BCUT2D eigenvalue weighted by molar-refractivity contribution is 6.03. The molecule has 0 saturated carbocycles. The monoisotopic (exact) mass is 397 g/mol. The number of nitro groups is 1. The van der Waals surface area contributed by atoms with E-state index in [4.69, 9.17) is 0 Å². The first-order valence-electron chi connectivity index (χ1n) is 7.45. The molecule has 28 heavy (non-hydrogen) atoms. The molecule has 2 aromatic heterocycles. The predicted molar refractivity (Wildman–Crippen MR) is 85.3 cm³/mol. The lowest BCUT2D eigenvalue weighted by atomic mass is 10.2. The van der Waals surface area contributed by atoms with E-state index in [0.717, 1.165) is 23.1 Å². The Labute approximate surface area is 153 Å². The van der Waals surface area contributed by atoms with Crippen LogP contribution in [0.15, 0.2) is 36.8 Å². The van der Waals surface area contributed by atoms with Crippen LogP contribution in [0.1, 0.15) is 10.5 Å². The van der Waals surface area contributed by atoms with Gasteiger partial charge in [-0.2, -0.15) is 18.6 Å². The Balaban J connectivity index is 1.71. The van der Waals surface area contributed by atoms with Gasteiger partial charge < -0.3 is 20.2 Å². The molecule has 0 fully saturated rings. The minimum absolute atomic E-state index is 0.0651. The van der Waals surface area contributed by atoms with E-state index in [0.29, 0.717) is 6.07 Å². The Morgan fingerprint density at radius 3 is 2.75 bits per heavy atom. The van der Waals surface area contributed by atoms with Crippen molar-refractivity contribution in [2.45, 2.75) is 13.3 Å². The molecule has 3 rings (SSSR count). The zero-order valence-electron chi connectivity index (χ0n) is 13.7. The number of nitrogens with one attached hydrogen (secondary N) is 1. The highest BCUT2D eigenvalue weighted by Crippen LogP contribution is 2.27. The van der Waals surface area contributed by atoms with Gasteiger partial charge in [-0.05, 0) is 23.1 Å². The van der Waals surface area contributed by atoms with Crippen molar-refractivity contribution in [1.82, 2.24) is 24.5 Å². The minimum atomic E-state index is -3.21. The molecule has 1 N–H and O–H groups in total. The van der Waals surface area contributed by atoms with Gasteiger partial charge in [0.2, 0.25) is 6.33 Å². The number of anilines is 1. The minimum Gasteiger partial charge on any atom is -0.432 e. The molecule has 0 bridgehead atoms. The number of rotatable bonds is 7. The van der Waals surface area contributed by atoms with Crippen LogP contribution >= 0.6 is 0 Å². The third kappa shape index (κ3) is 4.40. The molecule has 11 nitrogen and oxygen atoms in total. The summed E-state index contributed by atoms with van der Waals surface area (Å²) in [7, 11) is 0. The van der Waals surface area contributed by atoms with Crippen molar-refractivity contribution in [3.05, 3.63) is 58.4 Å². The topological polar surface area (TPSA) is 130 Å². The smallest absolute Gasteiger partial charge is 0.432 e. The molecule has 0 atom stereocenters. The second-order valence-electron chi connectivity index (χ2n) is 5.20. The molecule has 0 spiro atoms. The first kappa shape index (κ1) is 18.8. The van der Waals surface area contributed by atoms with E-state index in [-0.39, 0.29) is 18.1 Å². The fourth-order valence-corrected chi connectivity index (χ4v) is 2.13. The molecular weight excluding hydrogens is 387 g/mol. The summed E-state index contributed by atoms with van der Waals surface area (Å²) < 4.78 is 44.6.